The van der Waals surface area contributed by atoms with E-state index in [4.69, 9.17) is 11.2 Å². The second kappa shape index (κ2) is 4.86. The first-order valence-corrected chi connectivity index (χ1v) is 5.27. The molecule has 0 spiro atoms. The van der Waals surface area contributed by atoms with Gasteiger partial charge in [0.15, 0.2) is 0 Å². The fourth-order valence-electron chi connectivity index (χ4n) is 1.95. The highest BCUT2D eigenvalue weighted by atomic mass is 16.5. The molecule has 1 unspecified atom stereocenters. The van der Waals surface area contributed by atoms with E-state index >= 15 is 0 Å². The van der Waals surface area contributed by atoms with Gasteiger partial charge < -0.3 is 10.1 Å². The van der Waals surface area contributed by atoms with Crippen molar-refractivity contribution in [3.63, 3.8) is 0 Å². The lowest BCUT2D eigenvalue weighted by Gasteiger charge is -2.25. The smallest absolute Gasteiger partial charge is 0.122 e. The summed E-state index contributed by atoms with van der Waals surface area (Å²) in [6, 6.07) is 8.23. The lowest BCUT2D eigenvalue weighted by atomic mass is 9.93. The van der Waals surface area contributed by atoms with Crippen LogP contribution in [-0.2, 0) is 0 Å². The molecule has 1 heterocycles. The molecule has 2 rings (SSSR count). The maximum atomic E-state index is 5.59. The van der Waals surface area contributed by atoms with E-state index in [1.807, 2.05) is 12.1 Å². The van der Waals surface area contributed by atoms with E-state index in [2.05, 4.69) is 23.4 Å². The summed E-state index contributed by atoms with van der Waals surface area (Å²) in [7, 11) is 0. The second-order valence-corrected chi connectivity index (χ2v) is 3.71. The average molecular weight is 201 g/mol. The zero-order valence-corrected chi connectivity index (χ0v) is 8.70. The van der Waals surface area contributed by atoms with Gasteiger partial charge in [-0.05, 0) is 18.1 Å². The quantitative estimate of drug-likeness (QED) is 0.594. The summed E-state index contributed by atoms with van der Waals surface area (Å²) in [5, 5.41) is 3.25. The standard InChI is InChI=1S/C13H15NO/c1-2-8-14-10-11-7-9-15-13-6-4-3-5-12(11)13/h1,3-6,11,14H,7-10H2. The molecule has 0 aliphatic carbocycles. The Kier molecular flexibility index (Phi) is 3.26. The molecule has 1 aliphatic heterocycles. The number of rotatable bonds is 3. The summed E-state index contributed by atoms with van der Waals surface area (Å²) < 4.78 is 5.59. The van der Waals surface area contributed by atoms with Gasteiger partial charge in [-0.25, -0.2) is 0 Å². The average Bonchev–Trinajstić information content (AvgIpc) is 2.30. The van der Waals surface area contributed by atoms with Crippen molar-refractivity contribution >= 4 is 0 Å². The number of para-hydroxylation sites is 1. The first kappa shape index (κ1) is 10.1. The Morgan fingerprint density at radius 3 is 3.20 bits per heavy atom. The summed E-state index contributed by atoms with van der Waals surface area (Å²) >= 11 is 0. The van der Waals surface area contributed by atoms with Crippen molar-refractivity contribution in [2.45, 2.75) is 12.3 Å². The minimum Gasteiger partial charge on any atom is -0.493 e. The zero-order chi connectivity index (χ0) is 10.5. The van der Waals surface area contributed by atoms with Crippen molar-refractivity contribution in [3.8, 4) is 18.1 Å². The van der Waals surface area contributed by atoms with Gasteiger partial charge in [0.1, 0.15) is 5.75 Å². The Labute approximate surface area is 90.6 Å². The van der Waals surface area contributed by atoms with Gasteiger partial charge >= 0.3 is 0 Å². The van der Waals surface area contributed by atoms with Gasteiger partial charge in [-0.3, -0.25) is 0 Å². The lowest BCUT2D eigenvalue weighted by Crippen LogP contribution is -2.26. The minimum atomic E-state index is 0.531. The molecule has 0 bridgehead atoms. The van der Waals surface area contributed by atoms with Crippen LogP contribution in [-0.4, -0.2) is 19.7 Å². The molecule has 0 saturated heterocycles. The third kappa shape index (κ3) is 2.31. The van der Waals surface area contributed by atoms with Crippen LogP contribution in [0.1, 0.15) is 17.9 Å². The number of fused-ring (bicyclic) bond motifs is 1. The second-order valence-electron chi connectivity index (χ2n) is 3.71. The number of ether oxygens (including phenoxy) is 1. The van der Waals surface area contributed by atoms with Crippen molar-refractivity contribution < 1.29 is 4.74 Å². The number of terminal acetylenes is 1. The number of hydrogen-bond donors (Lipinski definition) is 1. The predicted molar refractivity (Wildman–Crippen MR) is 61.0 cm³/mol. The number of benzene rings is 1. The predicted octanol–water partition coefficient (Wildman–Crippen LogP) is 1.78. The molecular weight excluding hydrogens is 186 g/mol. The number of nitrogens with one attached hydrogen (secondary N) is 1. The Hall–Kier alpha value is -1.46. The van der Waals surface area contributed by atoms with E-state index in [0.717, 1.165) is 25.3 Å². The lowest BCUT2D eigenvalue weighted by molar-refractivity contribution is 0.265. The fourth-order valence-corrected chi connectivity index (χ4v) is 1.95. The van der Waals surface area contributed by atoms with E-state index < -0.39 is 0 Å². The van der Waals surface area contributed by atoms with Crippen LogP contribution in [0.5, 0.6) is 5.75 Å². The Morgan fingerprint density at radius 1 is 1.47 bits per heavy atom. The maximum absolute atomic E-state index is 5.59. The molecule has 2 nitrogen and oxygen atoms in total. The van der Waals surface area contributed by atoms with Crippen molar-refractivity contribution in [1.29, 1.82) is 0 Å². The van der Waals surface area contributed by atoms with E-state index in [0.29, 0.717) is 12.5 Å². The molecule has 15 heavy (non-hydrogen) atoms. The molecule has 78 valence electrons. The van der Waals surface area contributed by atoms with Crippen LogP contribution in [0.2, 0.25) is 0 Å². The highest BCUT2D eigenvalue weighted by Gasteiger charge is 2.19. The van der Waals surface area contributed by atoms with Crippen LogP contribution >= 0.6 is 0 Å². The summed E-state index contributed by atoms with van der Waals surface area (Å²) in [5.41, 5.74) is 1.30. The monoisotopic (exact) mass is 201 g/mol. The highest BCUT2D eigenvalue weighted by molar-refractivity contribution is 5.37. The van der Waals surface area contributed by atoms with Crippen LogP contribution in [0.4, 0.5) is 0 Å². The van der Waals surface area contributed by atoms with Gasteiger partial charge in [-0.2, -0.15) is 0 Å². The molecule has 1 atom stereocenters. The summed E-state index contributed by atoms with van der Waals surface area (Å²) in [4.78, 5) is 0. The SMILES string of the molecule is C#CCNCC1CCOc2ccccc21. The van der Waals surface area contributed by atoms with Gasteiger partial charge in [0.2, 0.25) is 0 Å². The van der Waals surface area contributed by atoms with E-state index in [1.54, 1.807) is 0 Å². The van der Waals surface area contributed by atoms with Crippen molar-refractivity contribution in [2.24, 2.45) is 0 Å². The topological polar surface area (TPSA) is 21.3 Å². The third-order valence-electron chi connectivity index (χ3n) is 2.70. The molecule has 0 saturated carbocycles. The zero-order valence-electron chi connectivity index (χ0n) is 8.70. The van der Waals surface area contributed by atoms with Gasteiger partial charge in [-0.15, -0.1) is 6.42 Å². The van der Waals surface area contributed by atoms with Crippen molar-refractivity contribution in [3.05, 3.63) is 29.8 Å². The molecule has 0 radical (unpaired) electrons. The highest BCUT2D eigenvalue weighted by Crippen LogP contribution is 2.32. The molecule has 0 aromatic heterocycles. The molecule has 0 amide bonds. The Balaban J connectivity index is 2.06. The number of hydrogen-bond acceptors (Lipinski definition) is 2. The molecule has 1 aliphatic rings. The summed E-state index contributed by atoms with van der Waals surface area (Å²) in [5.74, 6) is 4.14. The van der Waals surface area contributed by atoms with Crippen LogP contribution < -0.4 is 10.1 Å². The van der Waals surface area contributed by atoms with Gasteiger partial charge in [-0.1, -0.05) is 24.1 Å². The third-order valence-corrected chi connectivity index (χ3v) is 2.70. The van der Waals surface area contributed by atoms with Crippen LogP contribution in [0, 0.1) is 12.3 Å². The fraction of sp³-hybridized carbons (Fsp3) is 0.385. The Morgan fingerprint density at radius 2 is 2.33 bits per heavy atom. The first-order valence-electron chi connectivity index (χ1n) is 5.27. The molecule has 2 heteroatoms. The molecule has 1 aromatic rings. The normalized spacial score (nSPS) is 18.7. The maximum Gasteiger partial charge on any atom is 0.122 e. The van der Waals surface area contributed by atoms with Gasteiger partial charge in [0.05, 0.1) is 13.2 Å². The van der Waals surface area contributed by atoms with E-state index in [-0.39, 0.29) is 0 Å². The largest absolute Gasteiger partial charge is 0.493 e. The van der Waals surface area contributed by atoms with Crippen LogP contribution in [0.3, 0.4) is 0 Å². The summed E-state index contributed by atoms with van der Waals surface area (Å²) in [6.07, 6.45) is 6.27. The van der Waals surface area contributed by atoms with Crippen LogP contribution in [0.15, 0.2) is 24.3 Å². The molecule has 1 N–H and O–H groups in total. The minimum absolute atomic E-state index is 0.531. The van der Waals surface area contributed by atoms with Gasteiger partial charge in [0.25, 0.3) is 0 Å². The van der Waals surface area contributed by atoms with Crippen molar-refractivity contribution in [1.82, 2.24) is 5.32 Å². The van der Waals surface area contributed by atoms with Crippen LogP contribution in [0.25, 0.3) is 0 Å². The van der Waals surface area contributed by atoms with Gasteiger partial charge in [0, 0.05) is 12.5 Å². The molecule has 0 fully saturated rings. The molecular formula is C13H15NO. The van der Waals surface area contributed by atoms with E-state index in [9.17, 15) is 0 Å². The summed E-state index contributed by atoms with van der Waals surface area (Å²) in [6.45, 7) is 2.38. The van der Waals surface area contributed by atoms with Crippen molar-refractivity contribution in [2.75, 3.05) is 19.7 Å². The Bertz CT molecular complexity index is 367. The van der Waals surface area contributed by atoms with E-state index in [1.165, 1.54) is 5.56 Å². The molecule has 1 aromatic carbocycles. The first-order chi connectivity index (χ1) is 7.42.